The van der Waals surface area contributed by atoms with Crippen molar-refractivity contribution in [1.82, 2.24) is 20.0 Å². The Hall–Kier alpha value is -2.65. The van der Waals surface area contributed by atoms with Crippen molar-refractivity contribution in [2.45, 2.75) is 58.2 Å². The molecule has 0 saturated carbocycles. The second kappa shape index (κ2) is 12.5. The first-order valence-electron chi connectivity index (χ1n) is 10.8. The summed E-state index contributed by atoms with van der Waals surface area (Å²) >= 11 is 1.92. The number of H-pyrrole nitrogens is 1. The molecular weight excluding hydrogens is 518 g/mol. The molecule has 0 unspecified atom stereocenters. The van der Waals surface area contributed by atoms with Crippen molar-refractivity contribution in [2.24, 2.45) is 0 Å². The maximum Gasteiger partial charge on any atom is 0.490 e. The Morgan fingerprint density at radius 2 is 1.53 bits per heavy atom. The maximum atomic E-state index is 10.6. The fourth-order valence-corrected chi connectivity index (χ4v) is 4.58. The second-order valence-electron chi connectivity index (χ2n) is 8.19. The van der Waals surface area contributed by atoms with E-state index in [1.807, 2.05) is 11.3 Å². The third kappa shape index (κ3) is 9.43. The molecule has 202 valence electrons. The number of thiophene rings is 1. The number of carboxylic acids is 2. The van der Waals surface area contributed by atoms with E-state index < -0.39 is 24.3 Å². The zero-order chi connectivity index (χ0) is 27.1. The molecule has 0 atom stereocenters. The van der Waals surface area contributed by atoms with E-state index in [0.717, 1.165) is 32.6 Å². The van der Waals surface area contributed by atoms with Crippen molar-refractivity contribution in [3.8, 4) is 0 Å². The van der Waals surface area contributed by atoms with Crippen LogP contribution in [0.3, 0.4) is 0 Å². The lowest BCUT2D eigenvalue weighted by Crippen LogP contribution is -2.30. The van der Waals surface area contributed by atoms with Crippen molar-refractivity contribution in [1.29, 1.82) is 0 Å². The highest BCUT2D eigenvalue weighted by atomic mass is 32.1. The topological polar surface area (TPSA) is 110 Å². The van der Waals surface area contributed by atoms with Crippen LogP contribution in [0, 0.1) is 6.92 Å². The predicted octanol–water partition coefficient (Wildman–Crippen LogP) is 4.20. The number of hydrogen-bond acceptors (Lipinski definition) is 6. The van der Waals surface area contributed by atoms with Gasteiger partial charge in [0.15, 0.2) is 0 Å². The number of aliphatic carboxylic acids is 2. The van der Waals surface area contributed by atoms with Crippen LogP contribution in [0.4, 0.5) is 26.3 Å². The minimum atomic E-state index is -5.08. The summed E-state index contributed by atoms with van der Waals surface area (Å²) in [6.45, 7) is 8.93. The number of aromatic amines is 1. The highest BCUT2D eigenvalue weighted by Crippen LogP contribution is 2.25. The molecule has 1 saturated heterocycles. The number of alkyl halides is 6. The van der Waals surface area contributed by atoms with Crippen LogP contribution < -0.4 is 0 Å². The number of aryl methyl sites for hydroxylation is 1. The van der Waals surface area contributed by atoms with E-state index in [0.29, 0.717) is 0 Å². The average Bonchev–Trinajstić information content (AvgIpc) is 3.50. The highest BCUT2D eigenvalue weighted by Gasteiger charge is 2.38. The van der Waals surface area contributed by atoms with Gasteiger partial charge >= 0.3 is 24.3 Å². The summed E-state index contributed by atoms with van der Waals surface area (Å²) in [5, 5.41) is 22.2. The molecule has 2 aliphatic heterocycles. The van der Waals surface area contributed by atoms with Gasteiger partial charge in [-0.3, -0.25) is 14.9 Å². The van der Waals surface area contributed by atoms with E-state index in [2.05, 4.69) is 39.1 Å². The number of hydrogen-bond donors (Lipinski definition) is 3. The largest absolute Gasteiger partial charge is 0.490 e. The number of carbonyl (C=O) groups is 2. The van der Waals surface area contributed by atoms with E-state index in [-0.39, 0.29) is 0 Å². The van der Waals surface area contributed by atoms with E-state index >= 15 is 0 Å². The Morgan fingerprint density at radius 3 is 2.00 bits per heavy atom. The number of halogens is 6. The lowest BCUT2D eigenvalue weighted by Gasteiger charge is -2.26. The van der Waals surface area contributed by atoms with Gasteiger partial charge in [-0.25, -0.2) is 9.59 Å². The van der Waals surface area contributed by atoms with Crippen LogP contribution in [-0.2, 0) is 35.6 Å². The van der Waals surface area contributed by atoms with E-state index in [4.69, 9.17) is 19.8 Å². The van der Waals surface area contributed by atoms with Crippen LogP contribution in [0.2, 0.25) is 0 Å². The van der Waals surface area contributed by atoms with Crippen molar-refractivity contribution < 1.29 is 46.1 Å². The number of likely N-dealkylation sites (tertiary alicyclic amines) is 1. The summed E-state index contributed by atoms with van der Waals surface area (Å²) in [5.41, 5.74) is 4.13. The highest BCUT2D eigenvalue weighted by molar-refractivity contribution is 7.11. The van der Waals surface area contributed by atoms with Gasteiger partial charge in [0.05, 0.1) is 11.4 Å². The summed E-state index contributed by atoms with van der Waals surface area (Å²) in [5.74, 6) is -5.51. The zero-order valence-corrected chi connectivity index (χ0v) is 20.1. The van der Waals surface area contributed by atoms with Gasteiger partial charge < -0.3 is 10.2 Å². The van der Waals surface area contributed by atoms with Crippen LogP contribution in [0.5, 0.6) is 0 Å². The van der Waals surface area contributed by atoms with Crippen molar-refractivity contribution in [2.75, 3.05) is 19.6 Å². The van der Waals surface area contributed by atoms with Gasteiger partial charge in [0.2, 0.25) is 0 Å². The third-order valence-electron chi connectivity index (χ3n) is 5.33. The van der Waals surface area contributed by atoms with Crippen LogP contribution >= 0.6 is 11.3 Å². The van der Waals surface area contributed by atoms with Crippen LogP contribution in [-0.4, -0.2) is 74.1 Å². The van der Waals surface area contributed by atoms with Gasteiger partial charge in [0, 0.05) is 41.5 Å². The summed E-state index contributed by atoms with van der Waals surface area (Å²) in [7, 11) is 0. The first-order valence-corrected chi connectivity index (χ1v) is 11.6. The SMILES string of the molecule is Cc1ccc(CN2CCc3c(CN4CCCC4)n[nH]c3C2)s1.O=C(O)C(F)(F)F.O=C(O)C(F)(F)F. The number of fused-ring (bicyclic) bond motifs is 1. The molecule has 0 aliphatic carbocycles. The molecule has 1 fully saturated rings. The van der Waals surface area contributed by atoms with Crippen molar-refractivity contribution in [3.63, 3.8) is 0 Å². The normalized spacial score (nSPS) is 16.4. The fourth-order valence-electron chi connectivity index (χ4n) is 3.65. The monoisotopic (exact) mass is 544 g/mol. The maximum absolute atomic E-state index is 10.6. The molecule has 2 aromatic rings. The molecule has 0 spiro atoms. The molecule has 0 radical (unpaired) electrons. The zero-order valence-electron chi connectivity index (χ0n) is 19.2. The first kappa shape index (κ1) is 29.6. The molecular formula is C21H26F6N4O4S. The summed E-state index contributed by atoms with van der Waals surface area (Å²) < 4.78 is 63.5. The molecule has 8 nitrogen and oxygen atoms in total. The number of nitrogens with zero attached hydrogens (tertiary/aromatic N) is 3. The number of rotatable bonds is 4. The Kier molecular flexibility index (Phi) is 10.3. The number of nitrogens with one attached hydrogen (secondary N) is 1. The summed E-state index contributed by atoms with van der Waals surface area (Å²) in [6.07, 6.45) is -6.33. The minimum absolute atomic E-state index is 1.01. The van der Waals surface area contributed by atoms with Crippen LogP contribution in [0.1, 0.15) is 39.5 Å². The molecule has 4 rings (SSSR count). The smallest absolute Gasteiger partial charge is 0.475 e. The Bertz CT molecular complexity index is 991. The fraction of sp³-hybridized carbons (Fsp3) is 0.571. The Morgan fingerprint density at radius 1 is 0.972 bits per heavy atom. The number of carboxylic acid groups (broad SMARTS) is 2. The van der Waals surface area contributed by atoms with Crippen molar-refractivity contribution >= 4 is 23.3 Å². The van der Waals surface area contributed by atoms with Gasteiger partial charge in [-0.1, -0.05) is 0 Å². The van der Waals surface area contributed by atoms with Gasteiger partial charge in [-0.05, 0) is 51.4 Å². The van der Waals surface area contributed by atoms with Gasteiger partial charge in [0.25, 0.3) is 0 Å². The quantitative estimate of drug-likeness (QED) is 0.495. The van der Waals surface area contributed by atoms with E-state index in [9.17, 15) is 26.3 Å². The molecule has 4 heterocycles. The van der Waals surface area contributed by atoms with E-state index in [1.54, 1.807) is 0 Å². The van der Waals surface area contributed by atoms with E-state index in [1.165, 1.54) is 52.6 Å². The molecule has 3 N–H and O–H groups in total. The average molecular weight is 545 g/mol. The molecule has 0 aromatic carbocycles. The van der Waals surface area contributed by atoms with Gasteiger partial charge in [0.1, 0.15) is 0 Å². The summed E-state index contributed by atoms with van der Waals surface area (Å²) in [6, 6.07) is 4.49. The summed E-state index contributed by atoms with van der Waals surface area (Å²) in [4.78, 5) is 25.7. The minimum Gasteiger partial charge on any atom is -0.475 e. The Labute approximate surface area is 206 Å². The molecule has 0 amide bonds. The van der Waals surface area contributed by atoms with Crippen molar-refractivity contribution in [3.05, 3.63) is 38.8 Å². The standard InChI is InChI=1S/C17H24N4S.2C2HF3O2/c1-13-4-5-14(22-13)10-21-9-6-15-16(18-19-17(15)12-21)11-20-7-2-3-8-20;2*3-2(4,5)1(6)7/h4-5H,2-3,6-12H2,1H3,(H,18,19);2*(H,6,7). The predicted molar refractivity (Wildman–Crippen MR) is 117 cm³/mol. The lowest BCUT2D eigenvalue weighted by molar-refractivity contribution is -0.193. The molecule has 2 aliphatic rings. The first-order chi connectivity index (χ1) is 16.7. The lowest BCUT2D eigenvalue weighted by atomic mass is 10.0. The number of aromatic nitrogens is 2. The van der Waals surface area contributed by atoms with Gasteiger partial charge in [-0.2, -0.15) is 31.4 Å². The molecule has 15 heteroatoms. The molecule has 36 heavy (non-hydrogen) atoms. The third-order valence-corrected chi connectivity index (χ3v) is 6.32. The van der Waals surface area contributed by atoms with Gasteiger partial charge in [-0.15, -0.1) is 11.3 Å². The Balaban J connectivity index is 0.000000271. The second-order valence-corrected chi connectivity index (χ2v) is 9.56. The van der Waals surface area contributed by atoms with Crippen LogP contribution in [0.25, 0.3) is 0 Å². The van der Waals surface area contributed by atoms with Crippen LogP contribution in [0.15, 0.2) is 12.1 Å². The molecule has 2 aromatic heterocycles. The molecule has 0 bridgehead atoms.